The molecule has 1 aromatic rings. The Balaban J connectivity index is 1.54. The fourth-order valence-electron chi connectivity index (χ4n) is 4.11. The molecule has 1 saturated heterocycles. The van der Waals surface area contributed by atoms with E-state index in [1.807, 2.05) is 18.2 Å². The number of hydrogen-bond acceptors (Lipinski definition) is 3. The Labute approximate surface area is 161 Å². The van der Waals surface area contributed by atoms with Gasteiger partial charge in [-0.3, -0.25) is 4.79 Å². The quantitative estimate of drug-likeness (QED) is 0.847. The maximum Gasteiger partial charge on any atom is 0.321 e. The summed E-state index contributed by atoms with van der Waals surface area (Å²) < 4.78 is 5.19. The van der Waals surface area contributed by atoms with Gasteiger partial charge in [-0.25, -0.2) is 4.79 Å². The van der Waals surface area contributed by atoms with E-state index in [9.17, 15) is 9.59 Å². The first-order valence-corrected chi connectivity index (χ1v) is 10.1. The van der Waals surface area contributed by atoms with Gasteiger partial charge in [-0.05, 0) is 43.7 Å². The van der Waals surface area contributed by atoms with Crippen molar-refractivity contribution in [2.24, 2.45) is 11.8 Å². The summed E-state index contributed by atoms with van der Waals surface area (Å²) in [4.78, 5) is 27.1. The van der Waals surface area contributed by atoms with Crippen LogP contribution in [0.5, 0.6) is 5.75 Å². The molecule has 0 unspecified atom stereocenters. The summed E-state index contributed by atoms with van der Waals surface area (Å²) in [5.41, 5.74) is 0.696. The van der Waals surface area contributed by atoms with E-state index < -0.39 is 0 Å². The van der Waals surface area contributed by atoms with Crippen LogP contribution in [0.2, 0.25) is 0 Å². The van der Waals surface area contributed by atoms with Crippen molar-refractivity contribution in [1.82, 2.24) is 10.2 Å². The molecule has 1 heterocycles. The normalized spacial score (nSPS) is 25.6. The van der Waals surface area contributed by atoms with E-state index in [1.54, 1.807) is 18.1 Å². The number of ether oxygens (including phenoxy) is 1. The first kappa shape index (κ1) is 19.5. The Kier molecular flexibility index (Phi) is 6.58. The Morgan fingerprint density at radius 2 is 1.96 bits per heavy atom. The number of urea groups is 1. The summed E-state index contributed by atoms with van der Waals surface area (Å²) in [6.45, 7) is 3.38. The SMILES string of the molecule is COc1cccc(NC(=O)N2CCC[C@@H](C(=O)N[C@H]3CCCC[C@@H]3C)C2)c1. The number of carbonyl (C=O) groups excluding carboxylic acids is 2. The molecule has 148 valence electrons. The number of amides is 3. The lowest BCUT2D eigenvalue weighted by molar-refractivity contribution is -0.127. The third-order valence-corrected chi connectivity index (χ3v) is 5.84. The molecule has 3 atom stereocenters. The Morgan fingerprint density at radius 1 is 1.15 bits per heavy atom. The van der Waals surface area contributed by atoms with Gasteiger partial charge in [-0.1, -0.05) is 25.8 Å². The maximum atomic E-state index is 12.7. The molecule has 2 fully saturated rings. The smallest absolute Gasteiger partial charge is 0.321 e. The number of carbonyl (C=O) groups is 2. The molecule has 3 rings (SSSR count). The van der Waals surface area contributed by atoms with Gasteiger partial charge in [-0.15, -0.1) is 0 Å². The molecule has 6 nitrogen and oxygen atoms in total. The van der Waals surface area contributed by atoms with E-state index in [2.05, 4.69) is 17.6 Å². The molecule has 6 heteroatoms. The van der Waals surface area contributed by atoms with Crippen molar-refractivity contribution in [2.45, 2.75) is 51.5 Å². The van der Waals surface area contributed by atoms with Gasteiger partial charge in [0.2, 0.25) is 5.91 Å². The largest absolute Gasteiger partial charge is 0.497 e. The average molecular weight is 373 g/mol. The van der Waals surface area contributed by atoms with Crippen LogP contribution in [0.4, 0.5) is 10.5 Å². The van der Waals surface area contributed by atoms with Crippen molar-refractivity contribution < 1.29 is 14.3 Å². The molecule has 2 N–H and O–H groups in total. The fourth-order valence-corrected chi connectivity index (χ4v) is 4.11. The number of nitrogens with one attached hydrogen (secondary N) is 2. The summed E-state index contributed by atoms with van der Waals surface area (Å²) >= 11 is 0. The molecule has 2 aliphatic rings. The van der Waals surface area contributed by atoms with Gasteiger partial charge in [0.05, 0.1) is 13.0 Å². The summed E-state index contributed by atoms with van der Waals surface area (Å²) in [6, 6.07) is 7.42. The van der Waals surface area contributed by atoms with Crippen LogP contribution < -0.4 is 15.4 Å². The number of piperidine rings is 1. The molecule has 27 heavy (non-hydrogen) atoms. The van der Waals surface area contributed by atoms with Crippen LogP contribution in [0.1, 0.15) is 45.4 Å². The van der Waals surface area contributed by atoms with Gasteiger partial charge in [0, 0.05) is 30.9 Å². The standard InChI is InChI=1S/C21H31N3O3/c1-15-7-3-4-11-19(15)23-20(25)16-8-6-12-24(14-16)21(26)22-17-9-5-10-18(13-17)27-2/h5,9-10,13,15-16,19H,3-4,6-8,11-12,14H2,1-2H3,(H,22,26)(H,23,25)/t15-,16+,19-/m0/s1. The minimum Gasteiger partial charge on any atom is -0.497 e. The van der Waals surface area contributed by atoms with Gasteiger partial charge in [0.25, 0.3) is 0 Å². The van der Waals surface area contributed by atoms with E-state index in [0.717, 1.165) is 19.3 Å². The van der Waals surface area contributed by atoms with Crippen molar-refractivity contribution >= 4 is 17.6 Å². The van der Waals surface area contributed by atoms with Crippen molar-refractivity contribution in [3.05, 3.63) is 24.3 Å². The highest BCUT2D eigenvalue weighted by molar-refractivity contribution is 5.90. The predicted octanol–water partition coefficient (Wildman–Crippen LogP) is 3.63. The molecule has 3 amide bonds. The number of hydrogen-bond donors (Lipinski definition) is 2. The van der Waals surface area contributed by atoms with E-state index in [4.69, 9.17) is 4.74 Å². The molecule has 0 bridgehead atoms. The van der Waals surface area contributed by atoms with Crippen LogP contribution in [0.25, 0.3) is 0 Å². The summed E-state index contributed by atoms with van der Waals surface area (Å²) in [5, 5.41) is 6.16. The topological polar surface area (TPSA) is 70.7 Å². The van der Waals surface area contributed by atoms with Crippen molar-refractivity contribution in [2.75, 3.05) is 25.5 Å². The second kappa shape index (κ2) is 9.11. The molecule has 1 saturated carbocycles. The van der Waals surface area contributed by atoms with E-state index in [-0.39, 0.29) is 23.9 Å². The third kappa shape index (κ3) is 5.15. The monoisotopic (exact) mass is 373 g/mol. The molecule has 0 spiro atoms. The minimum atomic E-state index is -0.160. The number of nitrogens with zero attached hydrogens (tertiary/aromatic N) is 1. The number of anilines is 1. The zero-order chi connectivity index (χ0) is 19.2. The van der Waals surface area contributed by atoms with Gasteiger partial charge in [-0.2, -0.15) is 0 Å². The van der Waals surface area contributed by atoms with Crippen molar-refractivity contribution in [3.8, 4) is 5.75 Å². The van der Waals surface area contributed by atoms with Crippen molar-refractivity contribution in [1.29, 1.82) is 0 Å². The molecule has 0 radical (unpaired) electrons. The Bertz CT molecular complexity index is 664. The second-order valence-corrected chi connectivity index (χ2v) is 7.82. The Morgan fingerprint density at radius 3 is 2.74 bits per heavy atom. The number of rotatable bonds is 4. The highest BCUT2D eigenvalue weighted by atomic mass is 16.5. The zero-order valence-electron chi connectivity index (χ0n) is 16.4. The molecular formula is C21H31N3O3. The lowest BCUT2D eigenvalue weighted by Gasteiger charge is -2.35. The highest BCUT2D eigenvalue weighted by Crippen LogP contribution is 2.25. The number of likely N-dealkylation sites (tertiary alicyclic amines) is 1. The summed E-state index contributed by atoms with van der Waals surface area (Å²) in [6.07, 6.45) is 6.40. The number of methoxy groups -OCH3 is 1. The van der Waals surface area contributed by atoms with Crippen LogP contribution in [-0.4, -0.2) is 43.1 Å². The molecule has 1 aromatic carbocycles. The van der Waals surface area contributed by atoms with Crippen LogP contribution in [-0.2, 0) is 4.79 Å². The first-order valence-electron chi connectivity index (χ1n) is 10.1. The summed E-state index contributed by atoms with van der Waals surface area (Å²) in [5.74, 6) is 1.22. The van der Waals surface area contributed by atoms with E-state index in [1.165, 1.54) is 19.3 Å². The van der Waals surface area contributed by atoms with Crippen LogP contribution >= 0.6 is 0 Å². The molecular weight excluding hydrogens is 342 g/mol. The van der Waals surface area contributed by atoms with Gasteiger partial charge in [0.1, 0.15) is 5.75 Å². The maximum absolute atomic E-state index is 12.7. The number of benzene rings is 1. The van der Waals surface area contributed by atoms with Gasteiger partial charge in [0.15, 0.2) is 0 Å². The van der Waals surface area contributed by atoms with E-state index in [0.29, 0.717) is 30.4 Å². The van der Waals surface area contributed by atoms with Gasteiger partial charge < -0.3 is 20.3 Å². The van der Waals surface area contributed by atoms with Gasteiger partial charge >= 0.3 is 6.03 Å². The zero-order valence-corrected chi connectivity index (χ0v) is 16.4. The molecule has 0 aromatic heterocycles. The average Bonchev–Trinajstić information content (AvgIpc) is 2.70. The van der Waals surface area contributed by atoms with Crippen LogP contribution in [0, 0.1) is 11.8 Å². The van der Waals surface area contributed by atoms with Crippen LogP contribution in [0.3, 0.4) is 0 Å². The Hall–Kier alpha value is -2.24. The lowest BCUT2D eigenvalue weighted by atomic mass is 9.85. The second-order valence-electron chi connectivity index (χ2n) is 7.82. The van der Waals surface area contributed by atoms with Crippen LogP contribution in [0.15, 0.2) is 24.3 Å². The fraction of sp³-hybridized carbons (Fsp3) is 0.619. The van der Waals surface area contributed by atoms with E-state index >= 15 is 0 Å². The minimum absolute atomic E-state index is 0.104. The third-order valence-electron chi connectivity index (χ3n) is 5.84. The highest BCUT2D eigenvalue weighted by Gasteiger charge is 2.31. The molecule has 1 aliphatic carbocycles. The molecule has 1 aliphatic heterocycles. The lowest BCUT2D eigenvalue weighted by Crippen LogP contribution is -2.50. The summed E-state index contributed by atoms with van der Waals surface area (Å²) in [7, 11) is 1.60. The predicted molar refractivity (Wildman–Crippen MR) is 106 cm³/mol. The van der Waals surface area contributed by atoms with Crippen molar-refractivity contribution in [3.63, 3.8) is 0 Å². The first-order chi connectivity index (χ1) is 13.1.